The molecule has 1 aliphatic carbocycles. The van der Waals surface area contributed by atoms with Crippen LogP contribution in [0.15, 0.2) is 4.99 Å². The molecular formula is C10H21N3. The van der Waals surface area contributed by atoms with Gasteiger partial charge in [-0.15, -0.1) is 0 Å². The summed E-state index contributed by atoms with van der Waals surface area (Å²) in [4.78, 5) is 3.96. The quantitative estimate of drug-likeness (QED) is 0.505. The number of aliphatic imine (C=N–C) groups is 1. The van der Waals surface area contributed by atoms with Crippen molar-refractivity contribution in [1.29, 1.82) is 0 Å². The Kier molecular flexibility index (Phi) is 3.58. The van der Waals surface area contributed by atoms with Crippen LogP contribution in [-0.2, 0) is 0 Å². The molecule has 3 N–H and O–H groups in total. The summed E-state index contributed by atoms with van der Waals surface area (Å²) in [5.74, 6) is 0.587. The minimum absolute atomic E-state index is 0.238. The Hall–Kier alpha value is -0.730. The summed E-state index contributed by atoms with van der Waals surface area (Å²) < 4.78 is 0. The number of rotatable bonds is 2. The van der Waals surface area contributed by atoms with E-state index in [0.717, 1.165) is 6.42 Å². The van der Waals surface area contributed by atoms with E-state index in [-0.39, 0.29) is 5.54 Å². The lowest BCUT2D eigenvalue weighted by atomic mass is 9.80. The Balaban J connectivity index is 2.57. The third-order valence-corrected chi connectivity index (χ3v) is 3.12. The third kappa shape index (κ3) is 2.61. The average Bonchev–Trinajstić information content (AvgIpc) is 2.19. The summed E-state index contributed by atoms with van der Waals surface area (Å²) in [6.45, 7) is 2.22. The van der Waals surface area contributed by atoms with E-state index in [4.69, 9.17) is 5.73 Å². The number of hydrogen-bond donors (Lipinski definition) is 2. The van der Waals surface area contributed by atoms with E-state index in [1.165, 1.54) is 32.1 Å². The largest absolute Gasteiger partial charge is 0.370 e. The minimum atomic E-state index is 0.238. The molecule has 0 heterocycles. The van der Waals surface area contributed by atoms with Crippen molar-refractivity contribution in [3.63, 3.8) is 0 Å². The Labute approximate surface area is 80.8 Å². The fourth-order valence-corrected chi connectivity index (χ4v) is 2.12. The van der Waals surface area contributed by atoms with Crippen LogP contribution in [0, 0.1) is 0 Å². The van der Waals surface area contributed by atoms with Crippen LogP contribution in [0.4, 0.5) is 0 Å². The molecule has 0 atom stereocenters. The van der Waals surface area contributed by atoms with E-state index in [0.29, 0.717) is 5.96 Å². The highest BCUT2D eigenvalue weighted by Crippen LogP contribution is 2.30. The summed E-state index contributed by atoms with van der Waals surface area (Å²) in [7, 11) is 1.73. The first-order chi connectivity index (χ1) is 6.22. The molecule has 0 bridgehead atoms. The monoisotopic (exact) mass is 183 g/mol. The second kappa shape index (κ2) is 4.49. The molecule has 0 aliphatic heterocycles. The molecule has 1 aliphatic rings. The van der Waals surface area contributed by atoms with Crippen molar-refractivity contribution in [2.24, 2.45) is 10.7 Å². The predicted molar refractivity (Wildman–Crippen MR) is 56.8 cm³/mol. The summed E-state index contributed by atoms with van der Waals surface area (Å²) in [5.41, 5.74) is 5.94. The van der Waals surface area contributed by atoms with Gasteiger partial charge in [0.15, 0.2) is 5.96 Å². The summed E-state index contributed by atoms with van der Waals surface area (Å²) in [6.07, 6.45) is 7.62. The average molecular weight is 183 g/mol. The van der Waals surface area contributed by atoms with Gasteiger partial charge in [0.25, 0.3) is 0 Å². The maximum absolute atomic E-state index is 5.70. The Bertz CT molecular complexity index is 181. The molecule has 0 spiro atoms. The molecule has 0 radical (unpaired) electrons. The topological polar surface area (TPSA) is 50.4 Å². The van der Waals surface area contributed by atoms with Crippen molar-refractivity contribution in [2.45, 2.75) is 51.0 Å². The van der Waals surface area contributed by atoms with Gasteiger partial charge in [0, 0.05) is 12.6 Å². The van der Waals surface area contributed by atoms with Gasteiger partial charge in [-0.2, -0.15) is 0 Å². The zero-order valence-corrected chi connectivity index (χ0v) is 8.77. The van der Waals surface area contributed by atoms with E-state index in [9.17, 15) is 0 Å². The van der Waals surface area contributed by atoms with Crippen LogP contribution < -0.4 is 11.1 Å². The number of nitrogens with one attached hydrogen (secondary N) is 1. The maximum atomic E-state index is 5.70. The normalized spacial score (nSPS) is 22.8. The van der Waals surface area contributed by atoms with Crippen LogP contribution in [0.25, 0.3) is 0 Å². The second-order valence-corrected chi connectivity index (χ2v) is 3.93. The van der Waals surface area contributed by atoms with E-state index in [2.05, 4.69) is 17.2 Å². The van der Waals surface area contributed by atoms with Gasteiger partial charge >= 0.3 is 0 Å². The summed E-state index contributed by atoms with van der Waals surface area (Å²) in [5, 5.41) is 3.36. The summed E-state index contributed by atoms with van der Waals surface area (Å²) >= 11 is 0. The lowest BCUT2D eigenvalue weighted by Crippen LogP contribution is -2.52. The molecule has 0 aromatic carbocycles. The lowest BCUT2D eigenvalue weighted by Gasteiger charge is -2.37. The van der Waals surface area contributed by atoms with E-state index >= 15 is 0 Å². The van der Waals surface area contributed by atoms with Crippen molar-refractivity contribution < 1.29 is 0 Å². The standard InChI is InChI=1S/C10H21N3/c1-3-10(13-9(11)12-2)7-5-4-6-8-10/h3-8H2,1-2H3,(H3,11,12,13). The number of nitrogens with two attached hydrogens (primary N) is 1. The Morgan fingerprint density at radius 2 is 2.00 bits per heavy atom. The van der Waals surface area contributed by atoms with Crippen molar-refractivity contribution in [3.8, 4) is 0 Å². The summed E-state index contributed by atoms with van der Waals surface area (Å²) in [6, 6.07) is 0. The first kappa shape index (κ1) is 10.4. The van der Waals surface area contributed by atoms with Gasteiger partial charge in [-0.25, -0.2) is 0 Å². The molecule has 3 nitrogen and oxygen atoms in total. The highest BCUT2D eigenvalue weighted by molar-refractivity contribution is 5.78. The first-order valence-corrected chi connectivity index (χ1v) is 5.23. The zero-order valence-electron chi connectivity index (χ0n) is 8.77. The minimum Gasteiger partial charge on any atom is -0.370 e. The lowest BCUT2D eigenvalue weighted by molar-refractivity contribution is 0.256. The van der Waals surface area contributed by atoms with Crippen molar-refractivity contribution in [3.05, 3.63) is 0 Å². The molecule has 3 heteroatoms. The van der Waals surface area contributed by atoms with Crippen molar-refractivity contribution in [1.82, 2.24) is 5.32 Å². The van der Waals surface area contributed by atoms with Gasteiger partial charge in [-0.3, -0.25) is 4.99 Å². The third-order valence-electron chi connectivity index (χ3n) is 3.12. The Morgan fingerprint density at radius 1 is 1.38 bits per heavy atom. The maximum Gasteiger partial charge on any atom is 0.188 e. The number of nitrogens with zero attached hydrogens (tertiary/aromatic N) is 1. The predicted octanol–water partition coefficient (Wildman–Crippen LogP) is 1.63. The van der Waals surface area contributed by atoms with Gasteiger partial charge in [-0.05, 0) is 19.3 Å². The smallest absolute Gasteiger partial charge is 0.188 e. The molecule has 0 aromatic heterocycles. The molecule has 1 rings (SSSR count). The van der Waals surface area contributed by atoms with E-state index < -0.39 is 0 Å². The fraction of sp³-hybridized carbons (Fsp3) is 0.900. The molecule has 0 saturated heterocycles. The number of guanidine groups is 1. The van der Waals surface area contributed by atoms with Crippen molar-refractivity contribution in [2.75, 3.05) is 7.05 Å². The van der Waals surface area contributed by atoms with E-state index in [1.54, 1.807) is 7.05 Å². The highest BCUT2D eigenvalue weighted by Gasteiger charge is 2.30. The second-order valence-electron chi connectivity index (χ2n) is 3.93. The van der Waals surface area contributed by atoms with E-state index in [1.807, 2.05) is 0 Å². The highest BCUT2D eigenvalue weighted by atomic mass is 15.1. The zero-order chi connectivity index (χ0) is 9.73. The molecular weight excluding hydrogens is 162 g/mol. The van der Waals surface area contributed by atoms with Crippen LogP contribution >= 0.6 is 0 Å². The molecule has 1 saturated carbocycles. The molecule has 13 heavy (non-hydrogen) atoms. The van der Waals surface area contributed by atoms with Crippen LogP contribution in [0.2, 0.25) is 0 Å². The van der Waals surface area contributed by atoms with Gasteiger partial charge < -0.3 is 11.1 Å². The Morgan fingerprint density at radius 3 is 2.46 bits per heavy atom. The van der Waals surface area contributed by atoms with Gasteiger partial charge in [-0.1, -0.05) is 26.2 Å². The fourth-order valence-electron chi connectivity index (χ4n) is 2.12. The van der Waals surface area contributed by atoms with Crippen LogP contribution in [0.5, 0.6) is 0 Å². The number of hydrogen-bond acceptors (Lipinski definition) is 1. The SMILES string of the molecule is CCC1(NC(N)=NC)CCCCC1. The van der Waals surface area contributed by atoms with Crippen LogP contribution in [0.1, 0.15) is 45.4 Å². The molecule has 1 fully saturated rings. The van der Waals surface area contributed by atoms with Crippen LogP contribution in [0.3, 0.4) is 0 Å². The molecule has 76 valence electrons. The molecule has 0 unspecified atom stereocenters. The van der Waals surface area contributed by atoms with Gasteiger partial charge in [0.2, 0.25) is 0 Å². The molecule has 0 amide bonds. The molecule has 0 aromatic rings. The van der Waals surface area contributed by atoms with Gasteiger partial charge in [0.1, 0.15) is 0 Å². The van der Waals surface area contributed by atoms with Crippen molar-refractivity contribution >= 4 is 5.96 Å². The first-order valence-electron chi connectivity index (χ1n) is 5.23. The van der Waals surface area contributed by atoms with Gasteiger partial charge in [0.05, 0.1) is 0 Å². The van der Waals surface area contributed by atoms with Crippen LogP contribution in [-0.4, -0.2) is 18.5 Å².